The van der Waals surface area contributed by atoms with Crippen LogP contribution < -0.4 is 0 Å². The summed E-state index contributed by atoms with van der Waals surface area (Å²) in [6.07, 6.45) is 4.55. The maximum atomic E-state index is 11.5. The molecule has 1 fully saturated rings. The molecule has 0 spiro atoms. The van der Waals surface area contributed by atoms with Crippen molar-refractivity contribution in [1.82, 2.24) is 4.90 Å². The molecule has 0 aromatic carbocycles. The normalized spacial score (nSPS) is 14.7. The summed E-state index contributed by atoms with van der Waals surface area (Å²) in [5, 5.41) is 7.00. The van der Waals surface area contributed by atoms with Crippen molar-refractivity contribution in [3.63, 3.8) is 0 Å². The van der Waals surface area contributed by atoms with Crippen LogP contribution >= 0.6 is 0 Å². The highest BCUT2D eigenvalue weighted by molar-refractivity contribution is 5.68. The number of likely N-dealkylation sites (tertiary alicyclic amines) is 1. The fourth-order valence-electron chi connectivity index (χ4n) is 1.40. The lowest BCUT2D eigenvalue weighted by Gasteiger charge is -2.29. The third-order valence-electron chi connectivity index (χ3n) is 2.01. The van der Waals surface area contributed by atoms with E-state index in [4.69, 9.17) is 9.84 Å². The van der Waals surface area contributed by atoms with Gasteiger partial charge in [-0.2, -0.15) is 0 Å². The molecule has 0 aliphatic carbocycles. The summed E-state index contributed by atoms with van der Waals surface area (Å²) < 4.78 is 5.26. The van der Waals surface area contributed by atoms with Gasteiger partial charge in [0.2, 0.25) is 0 Å². The molecule has 0 bridgehead atoms. The lowest BCUT2D eigenvalue weighted by atomic mass is 10.1. The number of hydrogen-bond donors (Lipinski definition) is 1. The molecule has 1 saturated heterocycles. The molecule has 110 valence electrons. The molecule has 1 aliphatic rings. The van der Waals surface area contributed by atoms with E-state index in [1.807, 2.05) is 20.8 Å². The number of hydrogen-bond acceptors (Lipinski definition) is 3. The maximum absolute atomic E-state index is 11.5. The van der Waals surface area contributed by atoms with Gasteiger partial charge in [-0.15, -0.1) is 0 Å². The van der Waals surface area contributed by atoms with Gasteiger partial charge in [0.25, 0.3) is 0 Å². The van der Waals surface area contributed by atoms with Gasteiger partial charge >= 0.3 is 6.09 Å². The minimum atomic E-state index is -0.367. The van der Waals surface area contributed by atoms with E-state index in [9.17, 15) is 4.79 Å². The summed E-state index contributed by atoms with van der Waals surface area (Å²) in [4.78, 5) is 13.3. The molecule has 4 nitrogen and oxygen atoms in total. The Morgan fingerprint density at radius 1 is 1.11 bits per heavy atom. The average molecular weight is 261 g/mol. The molecule has 4 heteroatoms. The van der Waals surface area contributed by atoms with Gasteiger partial charge in [0.05, 0.1) is 0 Å². The minimum absolute atomic E-state index is 0.160. The first-order chi connectivity index (χ1) is 8.40. The highest BCUT2D eigenvalue weighted by Gasteiger charge is 2.22. The molecule has 1 heterocycles. The molecule has 1 amide bonds. The zero-order valence-electron chi connectivity index (χ0n) is 13.0. The van der Waals surface area contributed by atoms with Gasteiger partial charge < -0.3 is 14.7 Å². The highest BCUT2D eigenvalue weighted by Crippen LogP contribution is 2.14. The largest absolute Gasteiger partial charge is 0.444 e. The van der Waals surface area contributed by atoms with Gasteiger partial charge in [-0.05, 0) is 40.0 Å². The molecule has 1 rings (SSSR count). The summed E-state index contributed by atoms with van der Waals surface area (Å²) in [5.74, 6) is 0. The number of nitrogens with zero attached hydrogens (tertiary/aromatic N) is 1. The summed E-state index contributed by atoms with van der Waals surface area (Å²) in [6, 6.07) is 0. The van der Waals surface area contributed by atoms with Crippen molar-refractivity contribution in [2.75, 3.05) is 20.2 Å². The smallest absolute Gasteiger partial charge is 0.410 e. The Hall–Kier alpha value is -0.770. The second-order valence-electron chi connectivity index (χ2n) is 5.24. The van der Waals surface area contributed by atoms with Gasteiger partial charge in [0, 0.05) is 20.2 Å². The van der Waals surface area contributed by atoms with E-state index in [1.165, 1.54) is 12.8 Å². The van der Waals surface area contributed by atoms with E-state index in [-0.39, 0.29) is 11.7 Å². The third kappa shape index (κ3) is 11.7. The van der Waals surface area contributed by atoms with Gasteiger partial charge in [-0.1, -0.05) is 20.3 Å². The van der Waals surface area contributed by atoms with Crippen LogP contribution in [0.3, 0.4) is 0 Å². The van der Waals surface area contributed by atoms with Crippen LogP contribution in [0.2, 0.25) is 0 Å². The highest BCUT2D eigenvalue weighted by atomic mass is 16.6. The van der Waals surface area contributed by atoms with Crippen molar-refractivity contribution in [3.05, 3.63) is 0 Å². The van der Waals surface area contributed by atoms with E-state index in [0.717, 1.165) is 33.0 Å². The summed E-state index contributed by atoms with van der Waals surface area (Å²) in [6.45, 7) is 11.7. The topological polar surface area (TPSA) is 49.8 Å². The van der Waals surface area contributed by atoms with Crippen LogP contribution in [0.15, 0.2) is 0 Å². The van der Waals surface area contributed by atoms with Gasteiger partial charge in [-0.25, -0.2) is 4.79 Å². The van der Waals surface area contributed by atoms with Crippen molar-refractivity contribution in [1.29, 1.82) is 0 Å². The Labute approximate surface area is 112 Å². The Morgan fingerprint density at radius 3 is 1.83 bits per heavy atom. The SMILES string of the molecule is CC(C)(C)OC(=O)N1CCCCC1.CCC.CO. The van der Waals surface area contributed by atoms with Crippen LogP contribution in [0.5, 0.6) is 0 Å². The number of aliphatic hydroxyl groups is 1. The quantitative estimate of drug-likeness (QED) is 0.726. The molecule has 1 N–H and O–H groups in total. The molecular formula is C14H31NO3. The van der Waals surface area contributed by atoms with Gasteiger partial charge in [0.15, 0.2) is 0 Å². The number of ether oxygens (including phenoxy) is 1. The molecule has 0 atom stereocenters. The Kier molecular flexibility index (Phi) is 12.3. The second kappa shape index (κ2) is 11.3. The summed E-state index contributed by atoms with van der Waals surface area (Å²) in [7, 11) is 1.00. The molecular weight excluding hydrogens is 230 g/mol. The third-order valence-corrected chi connectivity index (χ3v) is 2.01. The van der Waals surface area contributed by atoms with Gasteiger partial charge in [-0.3, -0.25) is 0 Å². The van der Waals surface area contributed by atoms with Crippen molar-refractivity contribution in [2.24, 2.45) is 0 Å². The van der Waals surface area contributed by atoms with Gasteiger partial charge in [0.1, 0.15) is 5.60 Å². The van der Waals surface area contributed by atoms with Crippen molar-refractivity contribution >= 4 is 6.09 Å². The standard InChI is InChI=1S/C10H19NO2.C3H8.CH4O/c1-10(2,3)13-9(12)11-7-5-4-6-8-11;1-3-2;1-2/h4-8H2,1-3H3;3H2,1-2H3;2H,1H3. The molecule has 0 radical (unpaired) electrons. The Bertz CT molecular complexity index is 194. The molecule has 0 saturated carbocycles. The summed E-state index contributed by atoms with van der Waals surface area (Å²) in [5.41, 5.74) is -0.367. The van der Waals surface area contributed by atoms with Crippen LogP contribution in [-0.2, 0) is 4.74 Å². The fraction of sp³-hybridized carbons (Fsp3) is 0.929. The predicted octanol–water partition coefficient (Wildman–Crippen LogP) is 3.43. The van der Waals surface area contributed by atoms with Crippen molar-refractivity contribution in [2.45, 2.75) is 65.9 Å². The Morgan fingerprint density at radius 2 is 1.50 bits per heavy atom. The first-order valence-corrected chi connectivity index (χ1v) is 6.83. The number of aliphatic hydroxyl groups excluding tert-OH is 1. The van der Waals surface area contributed by atoms with Crippen molar-refractivity contribution in [3.8, 4) is 0 Å². The monoisotopic (exact) mass is 261 g/mol. The molecule has 0 aromatic rings. The first-order valence-electron chi connectivity index (χ1n) is 6.83. The van der Waals surface area contributed by atoms with Crippen LogP contribution in [0.4, 0.5) is 4.79 Å². The van der Waals surface area contributed by atoms with E-state index in [1.54, 1.807) is 4.90 Å². The summed E-state index contributed by atoms with van der Waals surface area (Å²) >= 11 is 0. The van der Waals surface area contributed by atoms with Crippen molar-refractivity contribution < 1.29 is 14.6 Å². The lowest BCUT2D eigenvalue weighted by Crippen LogP contribution is -2.39. The predicted molar refractivity (Wildman–Crippen MR) is 75.8 cm³/mol. The number of carbonyl (C=O) groups is 1. The Balaban J connectivity index is 0. The van der Waals surface area contributed by atoms with Crippen LogP contribution in [-0.4, -0.2) is 41.9 Å². The first kappa shape index (κ1) is 19.6. The number of piperidine rings is 1. The number of amides is 1. The minimum Gasteiger partial charge on any atom is -0.444 e. The van der Waals surface area contributed by atoms with Crippen LogP contribution in [0.1, 0.15) is 60.3 Å². The molecule has 1 aliphatic heterocycles. The number of carbonyl (C=O) groups excluding carboxylic acids is 1. The average Bonchev–Trinajstić information content (AvgIpc) is 2.32. The zero-order chi connectivity index (χ0) is 14.6. The van der Waals surface area contributed by atoms with Crippen LogP contribution in [0, 0.1) is 0 Å². The molecule has 0 unspecified atom stereocenters. The van der Waals surface area contributed by atoms with E-state index < -0.39 is 0 Å². The number of rotatable bonds is 0. The fourth-order valence-corrected chi connectivity index (χ4v) is 1.40. The van der Waals surface area contributed by atoms with E-state index in [0.29, 0.717) is 0 Å². The lowest BCUT2D eigenvalue weighted by molar-refractivity contribution is 0.0216. The van der Waals surface area contributed by atoms with Crippen LogP contribution in [0.25, 0.3) is 0 Å². The second-order valence-corrected chi connectivity index (χ2v) is 5.24. The maximum Gasteiger partial charge on any atom is 0.410 e. The van der Waals surface area contributed by atoms with E-state index >= 15 is 0 Å². The zero-order valence-corrected chi connectivity index (χ0v) is 13.0. The van der Waals surface area contributed by atoms with E-state index in [2.05, 4.69) is 13.8 Å². The molecule has 0 aromatic heterocycles. The molecule has 18 heavy (non-hydrogen) atoms.